The van der Waals surface area contributed by atoms with E-state index in [1.165, 1.54) is 16.2 Å². The Balaban J connectivity index is 1.83. The molecule has 0 aliphatic carbocycles. The third kappa shape index (κ3) is 2.31. The molecule has 0 spiro atoms. The normalized spacial score (nSPS) is 10.9. The van der Waals surface area contributed by atoms with Crippen molar-refractivity contribution in [1.82, 2.24) is 15.0 Å². The fourth-order valence-corrected chi connectivity index (χ4v) is 3.49. The maximum atomic E-state index is 4.26. The van der Waals surface area contributed by atoms with E-state index in [-0.39, 0.29) is 0 Å². The number of aromatic nitrogens is 3. The van der Waals surface area contributed by atoms with Crippen molar-refractivity contribution in [2.45, 2.75) is 6.54 Å². The molecule has 3 rings (SSSR count). The summed E-state index contributed by atoms with van der Waals surface area (Å²) < 4.78 is 1.13. The highest BCUT2D eigenvalue weighted by molar-refractivity contribution is 9.11. The zero-order valence-electron chi connectivity index (χ0n) is 8.55. The monoisotopic (exact) mass is 326 g/mol. The van der Waals surface area contributed by atoms with Crippen LogP contribution in [0, 0.1) is 0 Å². The Morgan fingerprint density at radius 2 is 2.18 bits per heavy atom. The Hall–Kier alpha value is -1.05. The summed E-state index contributed by atoms with van der Waals surface area (Å²) in [6.45, 7) is 0.750. The van der Waals surface area contributed by atoms with Crippen LogP contribution in [0.15, 0.2) is 27.8 Å². The van der Waals surface area contributed by atoms with Crippen molar-refractivity contribution in [1.29, 1.82) is 0 Å². The second-order valence-electron chi connectivity index (χ2n) is 3.29. The van der Waals surface area contributed by atoms with Gasteiger partial charge in [0.2, 0.25) is 0 Å². The maximum absolute atomic E-state index is 4.26. The smallest absolute Gasteiger partial charge is 0.157 e. The molecule has 0 radical (unpaired) electrons. The average Bonchev–Trinajstić information content (AvgIpc) is 2.94. The minimum Gasteiger partial charge on any atom is -0.363 e. The first-order valence-corrected chi connectivity index (χ1v) is 7.34. The van der Waals surface area contributed by atoms with Gasteiger partial charge >= 0.3 is 0 Å². The van der Waals surface area contributed by atoms with Gasteiger partial charge in [0.05, 0.1) is 15.8 Å². The Kier molecular flexibility index (Phi) is 3.04. The van der Waals surface area contributed by atoms with Gasteiger partial charge in [-0.25, -0.2) is 15.0 Å². The van der Waals surface area contributed by atoms with E-state index in [4.69, 9.17) is 0 Å². The van der Waals surface area contributed by atoms with Gasteiger partial charge in [0, 0.05) is 4.88 Å². The van der Waals surface area contributed by atoms with Crippen LogP contribution in [0.2, 0.25) is 0 Å². The summed E-state index contributed by atoms with van der Waals surface area (Å²) >= 11 is 6.67. The van der Waals surface area contributed by atoms with Gasteiger partial charge in [-0.05, 0) is 28.1 Å². The molecule has 0 amide bonds. The molecule has 3 aromatic heterocycles. The number of anilines is 1. The van der Waals surface area contributed by atoms with E-state index in [0.29, 0.717) is 0 Å². The van der Waals surface area contributed by atoms with Gasteiger partial charge in [0.1, 0.15) is 16.7 Å². The number of nitrogens with one attached hydrogen (secondary N) is 1. The topological polar surface area (TPSA) is 50.7 Å². The second-order valence-corrected chi connectivity index (χ2v) is 6.67. The second kappa shape index (κ2) is 4.67. The van der Waals surface area contributed by atoms with E-state index in [0.717, 1.165) is 26.5 Å². The molecule has 0 aliphatic rings. The number of halogens is 1. The van der Waals surface area contributed by atoms with Crippen molar-refractivity contribution in [3.05, 3.63) is 32.6 Å². The minimum atomic E-state index is 0.750. The van der Waals surface area contributed by atoms with Gasteiger partial charge < -0.3 is 5.32 Å². The molecule has 0 aromatic carbocycles. The highest BCUT2D eigenvalue weighted by Gasteiger charge is 2.06. The molecule has 3 aromatic rings. The van der Waals surface area contributed by atoms with Crippen molar-refractivity contribution in [3.8, 4) is 0 Å². The van der Waals surface area contributed by atoms with E-state index in [2.05, 4.69) is 42.3 Å². The molecule has 1 N–H and O–H groups in total. The van der Waals surface area contributed by atoms with Crippen molar-refractivity contribution >= 4 is 54.8 Å². The zero-order valence-corrected chi connectivity index (χ0v) is 11.8. The predicted octanol–water partition coefficient (Wildman–Crippen LogP) is 3.52. The molecule has 0 saturated carbocycles. The Morgan fingerprint density at radius 1 is 1.24 bits per heavy atom. The number of fused-ring (bicyclic) bond motifs is 1. The number of thiazole rings is 1. The molecule has 0 atom stereocenters. The minimum absolute atomic E-state index is 0.750. The van der Waals surface area contributed by atoms with Gasteiger partial charge in [-0.1, -0.05) is 0 Å². The van der Waals surface area contributed by atoms with Crippen LogP contribution in [-0.2, 0) is 6.54 Å². The Bertz CT molecular complexity index is 648. The zero-order chi connectivity index (χ0) is 11.7. The number of rotatable bonds is 3. The van der Waals surface area contributed by atoms with Crippen molar-refractivity contribution in [2.75, 3.05) is 5.32 Å². The first-order chi connectivity index (χ1) is 8.33. The van der Waals surface area contributed by atoms with Crippen molar-refractivity contribution in [3.63, 3.8) is 0 Å². The van der Waals surface area contributed by atoms with E-state index >= 15 is 0 Å². The van der Waals surface area contributed by atoms with E-state index in [1.54, 1.807) is 23.2 Å². The number of hydrogen-bond donors (Lipinski definition) is 1. The first kappa shape index (κ1) is 11.1. The lowest BCUT2D eigenvalue weighted by Crippen LogP contribution is -2.00. The largest absolute Gasteiger partial charge is 0.363 e. The molecule has 4 nitrogen and oxygen atoms in total. The third-order valence-corrected chi connectivity index (χ3v) is 4.55. The predicted molar refractivity (Wildman–Crippen MR) is 74.6 cm³/mol. The van der Waals surface area contributed by atoms with Crippen LogP contribution in [0.3, 0.4) is 0 Å². The molecule has 17 heavy (non-hydrogen) atoms. The fraction of sp³-hybridized carbons (Fsp3) is 0.100. The first-order valence-electron chi connectivity index (χ1n) is 4.85. The number of thiophene rings is 1. The fourth-order valence-electron chi connectivity index (χ4n) is 1.44. The van der Waals surface area contributed by atoms with Crippen LogP contribution in [0.25, 0.3) is 10.3 Å². The SMILES string of the molecule is Brc1ccc(CNc2ncnc3scnc23)s1. The van der Waals surface area contributed by atoms with Gasteiger partial charge in [0.15, 0.2) is 5.82 Å². The standard InChI is InChI=1S/C10H7BrN4S2/c11-7-2-1-6(17-7)3-12-9-8-10(14-4-13-9)16-5-15-8/h1-2,4-5H,3H2,(H,12,13,14). The van der Waals surface area contributed by atoms with Crippen LogP contribution < -0.4 is 5.32 Å². The summed E-state index contributed by atoms with van der Waals surface area (Å²) in [5, 5.41) is 3.29. The molecule has 0 aliphatic heterocycles. The van der Waals surface area contributed by atoms with Crippen LogP contribution in [0.1, 0.15) is 4.88 Å². The number of nitrogens with zero attached hydrogens (tertiary/aromatic N) is 3. The van der Waals surface area contributed by atoms with Crippen LogP contribution in [0.4, 0.5) is 5.82 Å². The van der Waals surface area contributed by atoms with E-state index in [1.807, 2.05) is 6.07 Å². The van der Waals surface area contributed by atoms with Crippen molar-refractivity contribution in [2.24, 2.45) is 0 Å². The number of hydrogen-bond acceptors (Lipinski definition) is 6. The third-order valence-electron chi connectivity index (χ3n) is 2.19. The lowest BCUT2D eigenvalue weighted by molar-refractivity contribution is 1.12. The van der Waals surface area contributed by atoms with Crippen LogP contribution in [-0.4, -0.2) is 15.0 Å². The maximum Gasteiger partial charge on any atom is 0.157 e. The van der Waals surface area contributed by atoms with Crippen LogP contribution in [0.5, 0.6) is 0 Å². The highest BCUT2D eigenvalue weighted by Crippen LogP contribution is 2.24. The lowest BCUT2D eigenvalue weighted by Gasteiger charge is -2.03. The molecule has 0 saturated heterocycles. The van der Waals surface area contributed by atoms with Gasteiger partial charge in [-0.15, -0.1) is 22.7 Å². The molecule has 0 bridgehead atoms. The van der Waals surface area contributed by atoms with Gasteiger partial charge in [-0.3, -0.25) is 0 Å². The molecular weight excluding hydrogens is 320 g/mol. The quantitative estimate of drug-likeness (QED) is 0.800. The summed E-state index contributed by atoms with van der Waals surface area (Å²) in [5.74, 6) is 0.792. The summed E-state index contributed by atoms with van der Waals surface area (Å²) in [6, 6.07) is 4.13. The van der Waals surface area contributed by atoms with Crippen molar-refractivity contribution < 1.29 is 0 Å². The van der Waals surface area contributed by atoms with Crippen LogP contribution >= 0.6 is 38.6 Å². The summed E-state index contributed by atoms with van der Waals surface area (Å²) in [7, 11) is 0. The lowest BCUT2D eigenvalue weighted by atomic mass is 10.4. The molecule has 0 unspecified atom stereocenters. The molecule has 0 fully saturated rings. The molecule has 3 heterocycles. The summed E-state index contributed by atoms with van der Waals surface area (Å²) in [6.07, 6.45) is 1.56. The van der Waals surface area contributed by atoms with Gasteiger partial charge in [0.25, 0.3) is 0 Å². The average molecular weight is 327 g/mol. The van der Waals surface area contributed by atoms with Gasteiger partial charge in [-0.2, -0.15) is 0 Å². The van der Waals surface area contributed by atoms with E-state index in [9.17, 15) is 0 Å². The Morgan fingerprint density at radius 3 is 3.00 bits per heavy atom. The summed E-state index contributed by atoms with van der Waals surface area (Å²) in [4.78, 5) is 14.8. The molecule has 86 valence electrons. The van der Waals surface area contributed by atoms with E-state index < -0.39 is 0 Å². The summed E-state index contributed by atoms with van der Waals surface area (Å²) in [5.41, 5.74) is 2.62. The molecule has 7 heteroatoms. The Labute approximate surface area is 114 Å². The molecular formula is C10H7BrN4S2. The highest BCUT2D eigenvalue weighted by atomic mass is 79.9.